The number of halogens is 1. The van der Waals surface area contributed by atoms with Crippen LogP contribution in [0.3, 0.4) is 0 Å². The summed E-state index contributed by atoms with van der Waals surface area (Å²) in [4.78, 5) is 36.9. The molecule has 0 saturated heterocycles. The van der Waals surface area contributed by atoms with E-state index in [2.05, 4.69) is 20.1 Å². The maximum absolute atomic E-state index is 15.7. The van der Waals surface area contributed by atoms with E-state index in [4.69, 9.17) is 4.74 Å². The average molecular weight is 386 g/mol. The number of alkyl halides is 1. The van der Waals surface area contributed by atoms with E-state index in [0.717, 1.165) is 12.8 Å². The minimum Gasteiger partial charge on any atom is -0.422 e. The molecule has 4 aliphatic carbocycles. The summed E-state index contributed by atoms with van der Waals surface area (Å²) in [6, 6.07) is 0. The van der Waals surface area contributed by atoms with Crippen molar-refractivity contribution in [3.05, 3.63) is 35.6 Å². The number of hydrogen-bond donors (Lipinski definition) is 0. The first-order valence-corrected chi connectivity index (χ1v) is 10.1. The first kappa shape index (κ1) is 19.3. The van der Waals surface area contributed by atoms with E-state index in [-0.39, 0.29) is 34.5 Å². The van der Waals surface area contributed by atoms with Gasteiger partial charge >= 0.3 is 5.97 Å². The molecular weight excluding hydrogens is 359 g/mol. The van der Waals surface area contributed by atoms with Gasteiger partial charge in [0.1, 0.15) is 12.0 Å². The summed E-state index contributed by atoms with van der Waals surface area (Å²) in [7, 11) is 0. The van der Waals surface area contributed by atoms with Crippen molar-refractivity contribution < 1.29 is 23.5 Å². The zero-order valence-electron chi connectivity index (χ0n) is 16.8. The van der Waals surface area contributed by atoms with Crippen LogP contribution in [0.15, 0.2) is 35.6 Å². The monoisotopic (exact) mass is 386 g/mol. The third-order valence-electron chi connectivity index (χ3n) is 8.09. The smallest absolute Gasteiger partial charge is 0.308 e. The molecule has 5 heteroatoms. The quantitative estimate of drug-likeness (QED) is 0.499. The van der Waals surface area contributed by atoms with Crippen LogP contribution in [-0.4, -0.2) is 23.7 Å². The summed E-state index contributed by atoms with van der Waals surface area (Å²) < 4.78 is 21.0. The van der Waals surface area contributed by atoms with E-state index in [1.54, 1.807) is 0 Å². The Morgan fingerprint density at radius 3 is 2.50 bits per heavy atom. The average Bonchev–Trinajstić information content (AvgIpc) is 2.93. The number of ketones is 2. The Morgan fingerprint density at radius 1 is 1.18 bits per heavy atom. The largest absolute Gasteiger partial charge is 0.422 e. The standard InChI is InChI=1S/C23H27FO4/c1-11-10-14-15-6-7-17(26)22(15,4)9-8-16(14)23(5)18(11)20(28-13(3)25)19(27)12(2)21(23)24/h14-16,21H,1-2,6-10H2,3-5H3/t14-,15-,16-,21+,22-,23+/m0/s1. The number of carbonyl (C=O) groups is 3. The molecule has 0 amide bonds. The zero-order chi connectivity index (χ0) is 20.6. The highest BCUT2D eigenvalue weighted by Crippen LogP contribution is 2.66. The van der Waals surface area contributed by atoms with Crippen molar-refractivity contribution in [1.29, 1.82) is 0 Å². The van der Waals surface area contributed by atoms with Crippen LogP contribution in [0.5, 0.6) is 0 Å². The van der Waals surface area contributed by atoms with Crippen LogP contribution < -0.4 is 0 Å². The lowest BCUT2D eigenvalue weighted by molar-refractivity contribution is -0.142. The van der Waals surface area contributed by atoms with Crippen molar-refractivity contribution in [3.63, 3.8) is 0 Å². The number of rotatable bonds is 1. The molecule has 0 radical (unpaired) electrons. The second-order valence-electron chi connectivity index (χ2n) is 9.40. The highest BCUT2D eigenvalue weighted by molar-refractivity contribution is 6.10. The number of Topliss-reactive ketones (excluding diaryl/α,β-unsaturated/α-hetero) is 2. The van der Waals surface area contributed by atoms with Gasteiger partial charge in [0, 0.05) is 35.3 Å². The number of carbonyl (C=O) groups excluding carboxylic acids is 3. The Balaban J connectivity index is 1.87. The molecule has 4 rings (SSSR count). The first-order chi connectivity index (χ1) is 13.0. The van der Waals surface area contributed by atoms with Gasteiger partial charge in [0.05, 0.1) is 0 Å². The van der Waals surface area contributed by atoms with Crippen LogP contribution in [0.4, 0.5) is 4.39 Å². The van der Waals surface area contributed by atoms with Crippen LogP contribution >= 0.6 is 0 Å². The van der Waals surface area contributed by atoms with Gasteiger partial charge in [0.25, 0.3) is 0 Å². The normalized spacial score (nSPS) is 42.9. The molecule has 150 valence electrons. The summed E-state index contributed by atoms with van der Waals surface area (Å²) >= 11 is 0. The van der Waals surface area contributed by atoms with E-state index < -0.39 is 23.3 Å². The fraction of sp³-hybridized carbons (Fsp3) is 0.609. The number of esters is 1. The van der Waals surface area contributed by atoms with Crippen molar-refractivity contribution in [3.8, 4) is 0 Å². The molecule has 0 N–H and O–H groups in total. The summed E-state index contributed by atoms with van der Waals surface area (Å²) in [5.74, 6) is -0.778. The van der Waals surface area contributed by atoms with Crippen molar-refractivity contribution in [1.82, 2.24) is 0 Å². The van der Waals surface area contributed by atoms with Gasteiger partial charge in [0.2, 0.25) is 5.78 Å². The number of allylic oxidation sites excluding steroid dienone is 2. The van der Waals surface area contributed by atoms with Crippen molar-refractivity contribution in [2.45, 2.75) is 59.0 Å². The van der Waals surface area contributed by atoms with Crippen molar-refractivity contribution >= 4 is 17.5 Å². The molecule has 3 fully saturated rings. The molecule has 6 atom stereocenters. The van der Waals surface area contributed by atoms with Gasteiger partial charge in [-0.15, -0.1) is 0 Å². The van der Waals surface area contributed by atoms with Crippen LogP contribution in [0.1, 0.15) is 52.9 Å². The lowest BCUT2D eigenvalue weighted by Crippen LogP contribution is -2.56. The van der Waals surface area contributed by atoms with Gasteiger partial charge in [-0.25, -0.2) is 4.39 Å². The van der Waals surface area contributed by atoms with Gasteiger partial charge in [-0.3, -0.25) is 14.4 Å². The lowest BCUT2D eigenvalue weighted by Gasteiger charge is -2.58. The molecule has 4 nitrogen and oxygen atoms in total. The maximum Gasteiger partial charge on any atom is 0.308 e. The Bertz CT molecular complexity index is 868. The van der Waals surface area contributed by atoms with Gasteiger partial charge in [-0.05, 0) is 49.0 Å². The van der Waals surface area contributed by atoms with Gasteiger partial charge in [-0.2, -0.15) is 0 Å². The van der Waals surface area contributed by atoms with Crippen LogP contribution in [0.25, 0.3) is 0 Å². The third kappa shape index (κ3) is 2.25. The molecule has 28 heavy (non-hydrogen) atoms. The highest BCUT2D eigenvalue weighted by Gasteiger charge is 2.64. The van der Waals surface area contributed by atoms with Crippen LogP contribution in [0.2, 0.25) is 0 Å². The Hall–Kier alpha value is -2.04. The second-order valence-corrected chi connectivity index (χ2v) is 9.40. The molecular formula is C23H27FO4. The minimum atomic E-state index is -1.56. The molecule has 0 spiro atoms. The van der Waals surface area contributed by atoms with Crippen LogP contribution in [0, 0.1) is 28.6 Å². The molecule has 0 aliphatic heterocycles. The predicted molar refractivity (Wildman–Crippen MR) is 102 cm³/mol. The second kappa shape index (κ2) is 5.98. The van der Waals surface area contributed by atoms with E-state index >= 15 is 4.39 Å². The van der Waals surface area contributed by atoms with Gasteiger partial charge < -0.3 is 4.74 Å². The SMILES string of the molecule is C=C1C[C@@H]2[C@H](CC[C@]3(C)C(=O)CC[C@@H]23)[C@]2(C)C1=C(OC(C)=O)C(=O)C(=C)[C@H]2F. The maximum atomic E-state index is 15.7. The summed E-state index contributed by atoms with van der Waals surface area (Å²) in [5, 5.41) is 0. The van der Waals surface area contributed by atoms with Gasteiger partial charge in [0.15, 0.2) is 5.76 Å². The fourth-order valence-corrected chi connectivity index (χ4v) is 6.74. The topological polar surface area (TPSA) is 60.4 Å². The molecule has 0 heterocycles. The fourth-order valence-electron chi connectivity index (χ4n) is 6.74. The first-order valence-electron chi connectivity index (χ1n) is 10.1. The Kier molecular flexibility index (Phi) is 4.12. The Labute approximate surface area is 164 Å². The minimum absolute atomic E-state index is 0.0533. The molecule has 0 aromatic rings. The third-order valence-corrected chi connectivity index (χ3v) is 8.09. The number of hydrogen-bond acceptors (Lipinski definition) is 4. The number of fused-ring (bicyclic) bond motifs is 5. The Morgan fingerprint density at radius 2 is 1.86 bits per heavy atom. The predicted octanol–water partition coefficient (Wildman–Crippen LogP) is 4.26. The highest BCUT2D eigenvalue weighted by atomic mass is 19.1. The van der Waals surface area contributed by atoms with E-state index in [1.807, 2.05) is 6.92 Å². The van der Waals surface area contributed by atoms with Crippen LogP contribution in [-0.2, 0) is 19.1 Å². The van der Waals surface area contributed by atoms with Gasteiger partial charge in [-0.1, -0.05) is 27.0 Å². The summed E-state index contributed by atoms with van der Waals surface area (Å²) in [6.07, 6.45) is 1.88. The zero-order valence-corrected chi connectivity index (χ0v) is 16.8. The van der Waals surface area contributed by atoms with Crippen molar-refractivity contribution in [2.75, 3.05) is 0 Å². The molecule has 0 aromatic heterocycles. The molecule has 3 saturated carbocycles. The van der Waals surface area contributed by atoms with E-state index in [9.17, 15) is 14.4 Å². The molecule has 4 aliphatic rings. The number of ether oxygens (including phenoxy) is 1. The molecule has 0 bridgehead atoms. The lowest BCUT2D eigenvalue weighted by atomic mass is 9.46. The molecule has 0 aromatic carbocycles. The summed E-state index contributed by atoms with van der Waals surface area (Å²) in [5.41, 5.74) is -0.436. The van der Waals surface area contributed by atoms with Crippen molar-refractivity contribution in [2.24, 2.45) is 28.6 Å². The van der Waals surface area contributed by atoms with E-state index in [0.29, 0.717) is 36.2 Å². The van der Waals surface area contributed by atoms with E-state index in [1.165, 1.54) is 6.92 Å². The molecule has 0 unspecified atom stereocenters. The summed E-state index contributed by atoms with van der Waals surface area (Å²) in [6.45, 7) is 13.0.